The predicted octanol–water partition coefficient (Wildman–Crippen LogP) is 5.20. The molecule has 0 amide bonds. The van der Waals surface area contributed by atoms with Crippen LogP contribution in [-0.4, -0.2) is 19.1 Å². The predicted molar refractivity (Wildman–Crippen MR) is 130 cm³/mol. The number of nitrogens with two attached hydrogens (primary N) is 2. The summed E-state index contributed by atoms with van der Waals surface area (Å²) in [5, 5.41) is 0. The topological polar surface area (TPSA) is 87.7 Å². The van der Waals surface area contributed by atoms with Gasteiger partial charge in [-0.2, -0.15) is 0 Å². The van der Waals surface area contributed by atoms with E-state index in [1.165, 1.54) is 0 Å². The van der Waals surface area contributed by atoms with Gasteiger partial charge in [0.05, 0.1) is 39.1 Å². The van der Waals surface area contributed by atoms with Crippen molar-refractivity contribution in [2.45, 2.75) is 0 Å². The van der Waals surface area contributed by atoms with E-state index in [-0.39, 0.29) is 0 Å². The lowest BCUT2D eigenvalue weighted by atomic mass is 10.0. The molecule has 4 N–H and O–H groups in total. The summed E-state index contributed by atoms with van der Waals surface area (Å²) in [6, 6.07) is 28.0. The van der Waals surface area contributed by atoms with Gasteiger partial charge in [0.25, 0.3) is 0 Å². The summed E-state index contributed by atoms with van der Waals surface area (Å²) in [5.74, 6) is 0. The molecular weight excluding hydrogens is 396 g/mol. The average Bonchev–Trinajstić information content (AvgIpc) is 3.44. The number of rotatable bonds is 3. The van der Waals surface area contributed by atoms with E-state index in [1.54, 1.807) is 0 Å². The highest BCUT2D eigenvalue weighted by atomic mass is 15.1. The molecule has 0 fully saturated rings. The van der Waals surface area contributed by atoms with E-state index in [1.807, 2.05) is 91.5 Å². The fourth-order valence-corrected chi connectivity index (χ4v) is 4.26. The smallest absolute Gasteiger partial charge is 0.101 e. The van der Waals surface area contributed by atoms with E-state index < -0.39 is 0 Å². The maximum Gasteiger partial charge on any atom is 0.101 e. The largest absolute Gasteiger partial charge is 0.399 e. The Morgan fingerprint density at radius 3 is 1.75 bits per heavy atom. The number of nitrogen functional groups attached to an aromatic ring is 2. The van der Waals surface area contributed by atoms with Crippen LogP contribution in [0.2, 0.25) is 0 Å². The first-order valence-electron chi connectivity index (χ1n) is 10.3. The van der Waals surface area contributed by atoms with Gasteiger partial charge >= 0.3 is 0 Å². The van der Waals surface area contributed by atoms with Crippen LogP contribution in [0.3, 0.4) is 0 Å². The molecule has 0 aliphatic carbocycles. The molecule has 0 unspecified atom stereocenters. The maximum atomic E-state index is 6.62. The quantitative estimate of drug-likeness (QED) is 0.388. The fraction of sp³-hybridized carbons (Fsp3) is 0. The van der Waals surface area contributed by atoms with Crippen LogP contribution in [0, 0.1) is 0 Å². The van der Waals surface area contributed by atoms with Crippen LogP contribution in [0.15, 0.2) is 97.6 Å². The summed E-state index contributed by atoms with van der Waals surface area (Å²) in [7, 11) is 0. The Hall–Kier alpha value is -4.58. The Morgan fingerprint density at radius 1 is 0.562 bits per heavy atom. The van der Waals surface area contributed by atoms with E-state index in [0.29, 0.717) is 5.69 Å². The van der Waals surface area contributed by atoms with E-state index in [0.717, 1.165) is 50.3 Å². The van der Waals surface area contributed by atoms with E-state index in [9.17, 15) is 0 Å². The second-order valence-electron chi connectivity index (χ2n) is 7.73. The molecule has 32 heavy (non-hydrogen) atoms. The number of hydrogen-bond donors (Lipinski definition) is 2. The molecular formula is C26H20N6. The Bertz CT molecular complexity index is 1590. The van der Waals surface area contributed by atoms with Gasteiger partial charge in [-0.15, -0.1) is 0 Å². The van der Waals surface area contributed by atoms with Gasteiger partial charge in [0, 0.05) is 11.3 Å². The summed E-state index contributed by atoms with van der Waals surface area (Å²) < 4.78 is 4.15. The number of benzene rings is 4. The third-order valence-electron chi connectivity index (χ3n) is 5.79. The van der Waals surface area contributed by atoms with Crippen molar-refractivity contribution in [1.82, 2.24) is 19.1 Å². The molecule has 0 aliphatic heterocycles. The van der Waals surface area contributed by atoms with Crippen LogP contribution >= 0.6 is 0 Å². The highest BCUT2D eigenvalue weighted by Crippen LogP contribution is 2.38. The minimum Gasteiger partial charge on any atom is -0.399 e. The van der Waals surface area contributed by atoms with Crippen LogP contribution in [0.4, 0.5) is 11.4 Å². The van der Waals surface area contributed by atoms with Crippen LogP contribution < -0.4 is 11.5 Å². The second-order valence-corrected chi connectivity index (χ2v) is 7.73. The molecule has 4 aromatic carbocycles. The van der Waals surface area contributed by atoms with Crippen molar-refractivity contribution in [3.05, 3.63) is 97.6 Å². The fourth-order valence-electron chi connectivity index (χ4n) is 4.26. The molecule has 6 aromatic rings. The number of anilines is 2. The first-order chi connectivity index (χ1) is 15.7. The summed E-state index contributed by atoms with van der Waals surface area (Å²) in [6.07, 6.45) is 3.68. The SMILES string of the molecule is Nc1ccc(-c2ccc(N)c(-n3cnc4ccccc43)c2-n2cnc3ccccc32)cc1. The summed E-state index contributed by atoms with van der Waals surface area (Å²) >= 11 is 0. The van der Waals surface area contributed by atoms with Crippen molar-refractivity contribution in [2.24, 2.45) is 0 Å². The highest BCUT2D eigenvalue weighted by Gasteiger charge is 2.20. The van der Waals surface area contributed by atoms with Crippen molar-refractivity contribution in [3.8, 4) is 22.5 Å². The van der Waals surface area contributed by atoms with Crippen molar-refractivity contribution in [3.63, 3.8) is 0 Å². The van der Waals surface area contributed by atoms with Gasteiger partial charge < -0.3 is 11.5 Å². The van der Waals surface area contributed by atoms with Crippen LogP contribution in [0.1, 0.15) is 0 Å². The molecule has 6 rings (SSSR count). The Labute approximate surface area is 184 Å². The van der Waals surface area contributed by atoms with Gasteiger partial charge in [-0.3, -0.25) is 9.13 Å². The molecule has 0 spiro atoms. The third kappa shape index (κ3) is 2.74. The van der Waals surface area contributed by atoms with Crippen LogP contribution in [0.5, 0.6) is 0 Å². The molecule has 0 atom stereocenters. The van der Waals surface area contributed by atoms with Gasteiger partial charge in [-0.05, 0) is 48.0 Å². The maximum absolute atomic E-state index is 6.62. The lowest BCUT2D eigenvalue weighted by Gasteiger charge is -2.20. The summed E-state index contributed by atoms with van der Waals surface area (Å²) in [5.41, 5.74) is 21.6. The van der Waals surface area contributed by atoms with Crippen molar-refractivity contribution < 1.29 is 0 Å². The van der Waals surface area contributed by atoms with Crippen LogP contribution in [0.25, 0.3) is 44.6 Å². The van der Waals surface area contributed by atoms with Gasteiger partial charge in [-0.1, -0.05) is 42.5 Å². The van der Waals surface area contributed by atoms with Crippen molar-refractivity contribution >= 4 is 33.4 Å². The molecule has 0 radical (unpaired) electrons. The minimum atomic E-state index is 0.653. The zero-order valence-corrected chi connectivity index (χ0v) is 17.2. The molecule has 2 aromatic heterocycles. The second kappa shape index (κ2) is 6.99. The molecule has 0 saturated heterocycles. The molecule has 0 bridgehead atoms. The summed E-state index contributed by atoms with van der Waals surface area (Å²) in [4.78, 5) is 9.24. The van der Waals surface area contributed by atoms with Gasteiger partial charge in [0.15, 0.2) is 0 Å². The highest BCUT2D eigenvalue weighted by molar-refractivity contribution is 5.90. The first-order valence-corrected chi connectivity index (χ1v) is 10.3. The van der Waals surface area contributed by atoms with Crippen LogP contribution in [-0.2, 0) is 0 Å². The first kappa shape index (κ1) is 18.2. The number of imidazole rings is 2. The molecule has 0 aliphatic rings. The van der Waals surface area contributed by atoms with Gasteiger partial charge in [0.2, 0.25) is 0 Å². The number of hydrogen-bond acceptors (Lipinski definition) is 4. The van der Waals surface area contributed by atoms with Gasteiger partial charge in [-0.25, -0.2) is 9.97 Å². The van der Waals surface area contributed by atoms with Gasteiger partial charge in [0.1, 0.15) is 12.7 Å². The van der Waals surface area contributed by atoms with E-state index >= 15 is 0 Å². The lowest BCUT2D eigenvalue weighted by molar-refractivity contribution is 1.02. The molecule has 2 heterocycles. The van der Waals surface area contributed by atoms with E-state index in [4.69, 9.17) is 11.5 Å². The Morgan fingerprint density at radius 2 is 1.12 bits per heavy atom. The molecule has 6 heteroatoms. The number of nitrogens with zero attached hydrogens (tertiary/aromatic N) is 4. The molecule has 6 nitrogen and oxygen atoms in total. The minimum absolute atomic E-state index is 0.653. The zero-order chi connectivity index (χ0) is 21.7. The molecule has 154 valence electrons. The summed E-state index contributed by atoms with van der Waals surface area (Å²) in [6.45, 7) is 0. The molecule has 0 saturated carbocycles. The third-order valence-corrected chi connectivity index (χ3v) is 5.79. The zero-order valence-electron chi connectivity index (χ0n) is 17.2. The van der Waals surface area contributed by atoms with Crippen molar-refractivity contribution in [2.75, 3.05) is 11.5 Å². The van der Waals surface area contributed by atoms with E-state index in [2.05, 4.69) is 25.2 Å². The van der Waals surface area contributed by atoms with Crippen molar-refractivity contribution in [1.29, 1.82) is 0 Å². The monoisotopic (exact) mass is 416 g/mol. The number of para-hydroxylation sites is 4. The Kier molecular flexibility index (Phi) is 3.98. The lowest BCUT2D eigenvalue weighted by Crippen LogP contribution is -2.07. The Balaban J connectivity index is 1.75. The number of fused-ring (bicyclic) bond motifs is 2. The standard InChI is InChI=1S/C26H20N6/c27-18-11-9-17(10-12-18)19-13-14-20(28)26(32-16-30-22-6-2-4-8-24(22)32)25(19)31-15-29-21-5-1-3-7-23(21)31/h1-16H,27-28H2. The normalized spacial score (nSPS) is 11.4. The average molecular weight is 416 g/mol. The number of aromatic nitrogens is 4.